The van der Waals surface area contributed by atoms with Crippen molar-refractivity contribution in [3.05, 3.63) is 54.4 Å². The van der Waals surface area contributed by atoms with E-state index >= 15 is 0 Å². The number of thioether (sulfide) groups is 1. The summed E-state index contributed by atoms with van der Waals surface area (Å²) in [6, 6.07) is 14.2. The third-order valence-corrected chi connectivity index (χ3v) is 4.35. The maximum Gasteiger partial charge on any atom is 0.214 e. The Morgan fingerprint density at radius 2 is 2.00 bits per heavy atom. The summed E-state index contributed by atoms with van der Waals surface area (Å²) >= 11 is 1.68. The molecule has 0 spiro atoms. The van der Waals surface area contributed by atoms with Crippen molar-refractivity contribution < 1.29 is 5.32 Å². The van der Waals surface area contributed by atoms with Gasteiger partial charge in [0.05, 0.1) is 23.7 Å². The van der Waals surface area contributed by atoms with Crippen LogP contribution in [0.5, 0.6) is 0 Å². The van der Waals surface area contributed by atoms with Crippen LogP contribution in [0, 0.1) is 0 Å². The van der Waals surface area contributed by atoms with Gasteiger partial charge in [0.25, 0.3) is 0 Å². The van der Waals surface area contributed by atoms with Crippen molar-refractivity contribution in [2.45, 2.75) is 11.7 Å². The molecule has 3 aromatic rings. The van der Waals surface area contributed by atoms with Crippen molar-refractivity contribution in [3.8, 4) is 5.69 Å². The first-order chi connectivity index (χ1) is 10.8. The number of quaternary nitrogens is 1. The molecule has 2 aromatic heterocycles. The SMILES string of the molecule is Cn1cccc1C[NH2+]CCSc1nnnn1-c1ccccc1. The first-order valence-corrected chi connectivity index (χ1v) is 8.21. The van der Waals surface area contributed by atoms with Crippen LogP contribution >= 0.6 is 11.8 Å². The van der Waals surface area contributed by atoms with E-state index in [1.807, 2.05) is 30.3 Å². The van der Waals surface area contributed by atoms with E-state index in [9.17, 15) is 0 Å². The van der Waals surface area contributed by atoms with Crippen LogP contribution in [0.25, 0.3) is 5.69 Å². The highest BCUT2D eigenvalue weighted by Gasteiger charge is 2.08. The van der Waals surface area contributed by atoms with E-state index in [0.717, 1.165) is 29.7 Å². The number of hydrogen-bond donors (Lipinski definition) is 1. The van der Waals surface area contributed by atoms with E-state index in [4.69, 9.17) is 0 Å². The minimum Gasteiger partial charge on any atom is -0.350 e. The topological polar surface area (TPSA) is 65.1 Å². The summed E-state index contributed by atoms with van der Waals surface area (Å²) in [6.45, 7) is 2.02. The lowest BCUT2D eigenvalue weighted by molar-refractivity contribution is -0.667. The summed E-state index contributed by atoms with van der Waals surface area (Å²) in [4.78, 5) is 0. The number of para-hydroxylation sites is 1. The molecule has 1 aromatic carbocycles. The summed E-state index contributed by atoms with van der Waals surface area (Å²) < 4.78 is 3.93. The van der Waals surface area contributed by atoms with E-state index in [1.165, 1.54) is 5.69 Å². The number of benzene rings is 1. The molecule has 0 aliphatic heterocycles. The van der Waals surface area contributed by atoms with E-state index in [1.54, 1.807) is 16.4 Å². The molecule has 0 aliphatic carbocycles. The maximum atomic E-state index is 4.10. The normalized spacial score (nSPS) is 11.0. The van der Waals surface area contributed by atoms with Crippen molar-refractivity contribution in [2.24, 2.45) is 7.05 Å². The van der Waals surface area contributed by atoms with Crippen LogP contribution in [-0.2, 0) is 13.6 Å². The summed E-state index contributed by atoms with van der Waals surface area (Å²) in [6.07, 6.45) is 2.08. The second-order valence-corrected chi connectivity index (χ2v) is 6.01. The molecule has 0 saturated carbocycles. The summed E-state index contributed by atoms with van der Waals surface area (Å²) in [7, 11) is 2.08. The van der Waals surface area contributed by atoms with Gasteiger partial charge in [-0.2, -0.15) is 4.68 Å². The standard InChI is InChI=1S/C15H18N6S/c1-20-10-5-8-14(20)12-16-9-11-22-15-17-18-19-21(15)13-6-3-2-4-7-13/h2-8,10,16H,9,11-12H2,1H3/p+1. The Kier molecular flexibility index (Phi) is 4.87. The van der Waals surface area contributed by atoms with Gasteiger partial charge in [-0.15, -0.1) is 5.10 Å². The molecule has 6 nitrogen and oxygen atoms in total. The number of nitrogens with two attached hydrogens (primary N) is 1. The molecule has 0 bridgehead atoms. The molecular weight excluding hydrogens is 296 g/mol. The number of aromatic nitrogens is 5. The molecule has 0 aliphatic rings. The van der Waals surface area contributed by atoms with E-state index in [2.05, 4.69) is 50.8 Å². The third kappa shape index (κ3) is 3.55. The zero-order valence-corrected chi connectivity index (χ0v) is 13.3. The number of hydrogen-bond acceptors (Lipinski definition) is 4. The minimum absolute atomic E-state index is 0.832. The molecule has 0 radical (unpaired) electrons. The fourth-order valence-electron chi connectivity index (χ4n) is 2.19. The lowest BCUT2D eigenvalue weighted by atomic mass is 10.3. The van der Waals surface area contributed by atoms with Gasteiger partial charge in [0.2, 0.25) is 5.16 Å². The van der Waals surface area contributed by atoms with Crippen molar-refractivity contribution in [3.63, 3.8) is 0 Å². The second kappa shape index (κ2) is 7.24. The quantitative estimate of drug-likeness (QED) is 0.519. The van der Waals surface area contributed by atoms with Crippen molar-refractivity contribution in [2.75, 3.05) is 12.3 Å². The number of rotatable bonds is 7. The Balaban J connectivity index is 1.49. The summed E-state index contributed by atoms with van der Waals surface area (Å²) in [5, 5.41) is 15.1. The lowest BCUT2D eigenvalue weighted by Gasteiger charge is -2.04. The monoisotopic (exact) mass is 315 g/mol. The molecule has 0 unspecified atom stereocenters. The lowest BCUT2D eigenvalue weighted by Crippen LogP contribution is -2.83. The second-order valence-electron chi connectivity index (χ2n) is 4.95. The molecule has 114 valence electrons. The number of nitrogens with zero attached hydrogens (tertiary/aromatic N) is 5. The Bertz CT molecular complexity index is 706. The highest BCUT2D eigenvalue weighted by atomic mass is 32.2. The molecule has 0 amide bonds. The van der Waals surface area contributed by atoms with Gasteiger partial charge in [-0.05, 0) is 34.7 Å². The Hall–Kier alpha value is -2.12. The third-order valence-electron chi connectivity index (χ3n) is 3.40. The van der Waals surface area contributed by atoms with Gasteiger partial charge in [0.15, 0.2) is 0 Å². The molecule has 0 atom stereocenters. The van der Waals surface area contributed by atoms with Crippen LogP contribution in [0.15, 0.2) is 53.8 Å². The van der Waals surface area contributed by atoms with Crippen molar-refractivity contribution >= 4 is 11.8 Å². The molecule has 0 fully saturated rings. The van der Waals surface area contributed by atoms with E-state index in [-0.39, 0.29) is 0 Å². The molecule has 22 heavy (non-hydrogen) atoms. The van der Waals surface area contributed by atoms with Crippen LogP contribution < -0.4 is 5.32 Å². The van der Waals surface area contributed by atoms with Gasteiger partial charge in [-0.3, -0.25) is 0 Å². The Morgan fingerprint density at radius 3 is 2.77 bits per heavy atom. The Labute approximate surface area is 133 Å². The van der Waals surface area contributed by atoms with Crippen molar-refractivity contribution in [1.82, 2.24) is 24.8 Å². The maximum absolute atomic E-state index is 4.10. The molecule has 3 rings (SSSR count). The van der Waals surface area contributed by atoms with Crippen molar-refractivity contribution in [1.29, 1.82) is 0 Å². The van der Waals surface area contributed by atoms with Crippen LogP contribution in [0.4, 0.5) is 0 Å². The van der Waals surface area contributed by atoms with Crippen LogP contribution in [0.2, 0.25) is 0 Å². The summed E-state index contributed by atoms with van der Waals surface area (Å²) in [5.41, 5.74) is 2.32. The van der Waals surface area contributed by atoms with Crippen LogP contribution in [-0.4, -0.2) is 37.1 Å². The zero-order valence-electron chi connectivity index (χ0n) is 12.5. The highest BCUT2D eigenvalue weighted by Crippen LogP contribution is 2.16. The van der Waals surface area contributed by atoms with E-state index in [0.29, 0.717) is 0 Å². The zero-order chi connectivity index (χ0) is 15.2. The fraction of sp³-hybridized carbons (Fsp3) is 0.267. The first kappa shape index (κ1) is 14.8. The summed E-state index contributed by atoms with van der Waals surface area (Å²) in [5.74, 6) is 0.970. The molecule has 2 N–H and O–H groups in total. The predicted molar refractivity (Wildman–Crippen MR) is 85.8 cm³/mol. The smallest absolute Gasteiger partial charge is 0.214 e. The fourth-order valence-corrected chi connectivity index (χ4v) is 3.02. The Morgan fingerprint density at radius 1 is 1.14 bits per heavy atom. The molecule has 7 heteroatoms. The first-order valence-electron chi connectivity index (χ1n) is 7.23. The van der Waals surface area contributed by atoms with Gasteiger partial charge < -0.3 is 9.88 Å². The highest BCUT2D eigenvalue weighted by molar-refractivity contribution is 7.99. The minimum atomic E-state index is 0.832. The predicted octanol–water partition coefficient (Wildman–Crippen LogP) is 0.857. The molecule has 2 heterocycles. The van der Waals surface area contributed by atoms with Crippen LogP contribution in [0.3, 0.4) is 0 Å². The van der Waals surface area contributed by atoms with Gasteiger partial charge in [-0.1, -0.05) is 30.0 Å². The average molecular weight is 315 g/mol. The number of aryl methyl sites for hydroxylation is 1. The van der Waals surface area contributed by atoms with Gasteiger partial charge in [-0.25, -0.2) is 0 Å². The van der Waals surface area contributed by atoms with Gasteiger partial charge >= 0.3 is 0 Å². The van der Waals surface area contributed by atoms with Crippen LogP contribution in [0.1, 0.15) is 5.69 Å². The van der Waals surface area contributed by atoms with E-state index < -0.39 is 0 Å². The average Bonchev–Trinajstić information content (AvgIpc) is 3.17. The van der Waals surface area contributed by atoms with Gasteiger partial charge in [0, 0.05) is 13.2 Å². The number of tetrazole rings is 1. The molecule has 0 saturated heterocycles. The molecular formula is C15H19N6S+. The van der Waals surface area contributed by atoms with Gasteiger partial charge in [0.1, 0.15) is 6.54 Å². The largest absolute Gasteiger partial charge is 0.350 e.